The van der Waals surface area contributed by atoms with E-state index in [2.05, 4.69) is 5.32 Å². The monoisotopic (exact) mass is 382 g/mol. The van der Waals surface area contributed by atoms with Crippen LogP contribution in [-0.4, -0.2) is 43.7 Å². The van der Waals surface area contributed by atoms with Crippen LogP contribution in [-0.2, 0) is 9.59 Å². The fourth-order valence-electron chi connectivity index (χ4n) is 3.28. The molecule has 0 fully saturated rings. The minimum absolute atomic E-state index is 0.146. The van der Waals surface area contributed by atoms with Crippen LogP contribution in [0.4, 0.5) is 5.69 Å². The molecule has 7 heteroatoms. The number of ether oxygens (including phenoxy) is 3. The number of anilines is 1. The van der Waals surface area contributed by atoms with Gasteiger partial charge in [-0.15, -0.1) is 0 Å². The predicted octanol–water partition coefficient (Wildman–Crippen LogP) is 2.15. The van der Waals surface area contributed by atoms with Gasteiger partial charge in [0.2, 0.25) is 5.91 Å². The molecular formula is C21H22N2O5. The maximum atomic E-state index is 12.5. The van der Waals surface area contributed by atoms with Crippen LogP contribution in [0.3, 0.4) is 0 Å². The summed E-state index contributed by atoms with van der Waals surface area (Å²) in [6.45, 7) is 2.73. The first-order valence-corrected chi connectivity index (χ1v) is 9.34. The molecule has 2 aromatic rings. The molecule has 0 bridgehead atoms. The molecule has 1 N–H and O–H groups in total. The number of nitrogens with one attached hydrogen (secondary N) is 1. The first-order valence-electron chi connectivity index (χ1n) is 9.34. The average molecular weight is 382 g/mol. The van der Waals surface area contributed by atoms with E-state index in [4.69, 9.17) is 14.2 Å². The van der Waals surface area contributed by atoms with Crippen molar-refractivity contribution in [2.45, 2.75) is 25.6 Å². The summed E-state index contributed by atoms with van der Waals surface area (Å²) in [7, 11) is 0. The number of carbonyl (C=O) groups excluding carboxylic acids is 2. The number of amides is 2. The van der Waals surface area contributed by atoms with E-state index in [9.17, 15) is 9.59 Å². The highest BCUT2D eigenvalue weighted by molar-refractivity contribution is 6.00. The highest BCUT2D eigenvalue weighted by atomic mass is 16.6. The Labute approximate surface area is 163 Å². The van der Waals surface area contributed by atoms with Crippen LogP contribution < -0.4 is 24.4 Å². The van der Waals surface area contributed by atoms with Crippen LogP contribution in [0.15, 0.2) is 48.5 Å². The SMILES string of the molecule is CC1Oc2ccccc2N(CCC(=O)NCC2COc3ccccc3O2)C1=O. The second-order valence-electron chi connectivity index (χ2n) is 6.77. The first-order chi connectivity index (χ1) is 13.6. The average Bonchev–Trinajstić information content (AvgIpc) is 2.72. The third kappa shape index (κ3) is 3.74. The molecule has 0 aromatic heterocycles. The lowest BCUT2D eigenvalue weighted by Crippen LogP contribution is -2.46. The fourth-order valence-corrected chi connectivity index (χ4v) is 3.28. The zero-order valence-electron chi connectivity index (χ0n) is 15.6. The van der Waals surface area contributed by atoms with Crippen LogP contribution in [0.1, 0.15) is 13.3 Å². The van der Waals surface area contributed by atoms with Gasteiger partial charge in [-0.1, -0.05) is 24.3 Å². The number of benzene rings is 2. The van der Waals surface area contributed by atoms with Crippen LogP contribution >= 0.6 is 0 Å². The molecule has 7 nitrogen and oxygen atoms in total. The highest BCUT2D eigenvalue weighted by Crippen LogP contribution is 2.33. The van der Waals surface area contributed by atoms with Crippen molar-refractivity contribution in [1.82, 2.24) is 5.32 Å². The topological polar surface area (TPSA) is 77.1 Å². The molecule has 2 aliphatic rings. The Bertz CT molecular complexity index is 885. The molecule has 0 saturated heterocycles. The smallest absolute Gasteiger partial charge is 0.267 e. The standard InChI is InChI=1S/C21H22N2O5/c1-14-21(25)23(16-6-2-3-7-17(16)27-14)11-10-20(24)22-12-15-13-26-18-8-4-5-9-19(18)28-15/h2-9,14-15H,10-13H2,1H3,(H,22,24). The lowest BCUT2D eigenvalue weighted by atomic mass is 10.1. The van der Waals surface area contributed by atoms with Gasteiger partial charge in [-0.3, -0.25) is 9.59 Å². The summed E-state index contributed by atoms with van der Waals surface area (Å²) < 4.78 is 17.1. The molecule has 0 saturated carbocycles. The molecule has 2 aliphatic heterocycles. The molecule has 2 unspecified atom stereocenters. The number of para-hydroxylation sites is 4. The normalized spacial score (nSPS) is 20.2. The molecular weight excluding hydrogens is 360 g/mol. The van der Waals surface area contributed by atoms with Crippen LogP contribution in [0, 0.1) is 0 Å². The Morgan fingerprint density at radius 1 is 1.07 bits per heavy atom. The summed E-state index contributed by atoms with van der Waals surface area (Å²) >= 11 is 0. The molecule has 2 aromatic carbocycles. The van der Waals surface area contributed by atoms with Crippen LogP contribution in [0.25, 0.3) is 0 Å². The molecule has 28 heavy (non-hydrogen) atoms. The lowest BCUT2D eigenvalue weighted by Gasteiger charge is -2.32. The molecule has 146 valence electrons. The summed E-state index contributed by atoms with van der Waals surface area (Å²) in [5, 5.41) is 2.86. The minimum atomic E-state index is -0.564. The summed E-state index contributed by atoms with van der Waals surface area (Å²) in [4.78, 5) is 26.4. The van der Waals surface area contributed by atoms with Gasteiger partial charge >= 0.3 is 0 Å². The van der Waals surface area contributed by atoms with E-state index in [1.165, 1.54) is 0 Å². The third-order valence-corrected chi connectivity index (χ3v) is 4.73. The van der Waals surface area contributed by atoms with E-state index in [0.717, 1.165) is 0 Å². The van der Waals surface area contributed by atoms with Crippen molar-refractivity contribution >= 4 is 17.5 Å². The lowest BCUT2D eigenvalue weighted by molar-refractivity contribution is -0.125. The predicted molar refractivity (Wildman–Crippen MR) is 103 cm³/mol. The number of hydrogen-bond acceptors (Lipinski definition) is 5. The van der Waals surface area contributed by atoms with Gasteiger partial charge in [0.1, 0.15) is 18.5 Å². The van der Waals surface area contributed by atoms with Gasteiger partial charge in [-0.05, 0) is 31.2 Å². The van der Waals surface area contributed by atoms with E-state index in [1.54, 1.807) is 11.8 Å². The van der Waals surface area contributed by atoms with Crippen LogP contribution in [0.2, 0.25) is 0 Å². The van der Waals surface area contributed by atoms with Gasteiger partial charge in [-0.2, -0.15) is 0 Å². The Kier molecular flexibility index (Phi) is 5.06. The van der Waals surface area contributed by atoms with Crippen molar-refractivity contribution in [3.63, 3.8) is 0 Å². The largest absolute Gasteiger partial charge is 0.486 e. The number of rotatable bonds is 5. The Morgan fingerprint density at radius 2 is 1.79 bits per heavy atom. The second kappa shape index (κ2) is 7.80. The van der Waals surface area contributed by atoms with Crippen molar-refractivity contribution in [3.8, 4) is 17.2 Å². The zero-order chi connectivity index (χ0) is 19.5. The molecule has 2 atom stereocenters. The fraction of sp³-hybridized carbons (Fsp3) is 0.333. The highest BCUT2D eigenvalue weighted by Gasteiger charge is 2.31. The van der Waals surface area contributed by atoms with Crippen LogP contribution in [0.5, 0.6) is 17.2 Å². The summed E-state index contributed by atoms with van der Waals surface area (Å²) in [5.74, 6) is 1.75. The van der Waals surface area contributed by atoms with E-state index >= 15 is 0 Å². The summed E-state index contributed by atoms with van der Waals surface area (Å²) in [6.07, 6.45) is -0.618. The second-order valence-corrected chi connectivity index (χ2v) is 6.77. The third-order valence-electron chi connectivity index (χ3n) is 4.73. The van der Waals surface area contributed by atoms with Gasteiger partial charge < -0.3 is 24.4 Å². The molecule has 2 amide bonds. The van der Waals surface area contributed by atoms with Gasteiger partial charge in [0, 0.05) is 13.0 Å². The Morgan fingerprint density at radius 3 is 2.61 bits per heavy atom. The first kappa shape index (κ1) is 18.2. The van der Waals surface area contributed by atoms with Gasteiger partial charge in [-0.25, -0.2) is 0 Å². The van der Waals surface area contributed by atoms with Crippen molar-refractivity contribution in [3.05, 3.63) is 48.5 Å². The van der Waals surface area contributed by atoms with Gasteiger partial charge in [0.05, 0.1) is 12.2 Å². The zero-order valence-corrected chi connectivity index (χ0v) is 15.6. The maximum Gasteiger partial charge on any atom is 0.267 e. The van der Waals surface area contributed by atoms with E-state index in [-0.39, 0.29) is 24.3 Å². The maximum absolute atomic E-state index is 12.5. The van der Waals surface area contributed by atoms with E-state index < -0.39 is 6.10 Å². The number of nitrogens with zero attached hydrogens (tertiary/aromatic N) is 1. The number of fused-ring (bicyclic) bond motifs is 2. The van der Waals surface area contributed by atoms with Gasteiger partial charge in [0.25, 0.3) is 5.91 Å². The van der Waals surface area contributed by atoms with Crippen molar-refractivity contribution < 1.29 is 23.8 Å². The number of carbonyl (C=O) groups is 2. The number of hydrogen-bond donors (Lipinski definition) is 1. The quantitative estimate of drug-likeness (QED) is 0.857. The van der Waals surface area contributed by atoms with Crippen molar-refractivity contribution in [2.75, 3.05) is 24.6 Å². The molecule has 2 heterocycles. The molecule has 0 aliphatic carbocycles. The van der Waals surface area contributed by atoms with Crippen molar-refractivity contribution in [1.29, 1.82) is 0 Å². The molecule has 4 rings (SSSR count). The van der Waals surface area contributed by atoms with E-state index in [0.29, 0.717) is 42.6 Å². The summed E-state index contributed by atoms with van der Waals surface area (Å²) in [6, 6.07) is 14.8. The molecule has 0 radical (unpaired) electrons. The summed E-state index contributed by atoms with van der Waals surface area (Å²) in [5.41, 5.74) is 0.694. The van der Waals surface area contributed by atoms with Crippen molar-refractivity contribution in [2.24, 2.45) is 0 Å². The Balaban J connectivity index is 1.30. The Hall–Kier alpha value is -3.22. The molecule has 0 spiro atoms. The van der Waals surface area contributed by atoms with E-state index in [1.807, 2.05) is 48.5 Å². The van der Waals surface area contributed by atoms with Gasteiger partial charge in [0.15, 0.2) is 17.6 Å². The minimum Gasteiger partial charge on any atom is -0.486 e.